The summed E-state index contributed by atoms with van der Waals surface area (Å²) in [6, 6.07) is 18.7. The van der Waals surface area contributed by atoms with Gasteiger partial charge in [0.25, 0.3) is 0 Å². The third-order valence-corrected chi connectivity index (χ3v) is 3.55. The van der Waals surface area contributed by atoms with Gasteiger partial charge in [-0.1, -0.05) is 66.2 Å². The molecule has 2 aromatic carbocycles. The van der Waals surface area contributed by atoms with Crippen molar-refractivity contribution in [2.45, 2.75) is 26.3 Å². The number of rotatable bonds is 7. The number of carbonyl (C=O) groups excluding carboxylic acids is 1. The number of benzene rings is 2. The highest BCUT2D eigenvalue weighted by Gasteiger charge is 2.04. The lowest BCUT2D eigenvalue weighted by Gasteiger charge is -2.12. The summed E-state index contributed by atoms with van der Waals surface area (Å²) in [4.78, 5) is 11.9. The molecule has 22 heavy (non-hydrogen) atoms. The Hall–Kier alpha value is -2.19. The minimum Gasteiger partial charge on any atom is -0.307 e. The molecular weight excluding hydrogens is 270 g/mol. The highest BCUT2D eigenvalue weighted by Crippen LogP contribution is 2.06. The quantitative estimate of drug-likeness (QED) is 0.787. The minimum absolute atomic E-state index is 0.0969. The summed E-state index contributed by atoms with van der Waals surface area (Å²) in [6.45, 7) is 4.56. The molecular formula is C20H23NO. The molecule has 0 saturated heterocycles. The smallest absolute Gasteiger partial charge is 0.169 e. The molecule has 0 bridgehead atoms. The van der Waals surface area contributed by atoms with Gasteiger partial charge in [0.2, 0.25) is 0 Å². The Kier molecular flexibility index (Phi) is 6.11. The van der Waals surface area contributed by atoms with E-state index in [1.54, 1.807) is 6.08 Å². The van der Waals surface area contributed by atoms with Crippen LogP contribution in [0.3, 0.4) is 0 Å². The summed E-state index contributed by atoms with van der Waals surface area (Å²) in [6.07, 6.45) is 4.42. The number of hydrogen-bond acceptors (Lipinski definition) is 2. The van der Waals surface area contributed by atoms with Crippen LogP contribution in [-0.4, -0.2) is 18.4 Å². The Balaban J connectivity index is 1.76. The third-order valence-electron chi connectivity index (χ3n) is 3.55. The lowest BCUT2D eigenvalue weighted by molar-refractivity contribution is -0.113. The van der Waals surface area contributed by atoms with Crippen molar-refractivity contribution >= 4 is 11.9 Å². The molecule has 2 heteroatoms. The summed E-state index contributed by atoms with van der Waals surface area (Å²) in [5.41, 5.74) is 3.60. The van der Waals surface area contributed by atoms with Crippen molar-refractivity contribution in [3.63, 3.8) is 0 Å². The average Bonchev–Trinajstić information content (AvgIpc) is 2.54. The van der Waals surface area contributed by atoms with Crippen molar-refractivity contribution in [2.75, 3.05) is 6.54 Å². The zero-order valence-electron chi connectivity index (χ0n) is 13.3. The third kappa shape index (κ3) is 5.66. The van der Waals surface area contributed by atoms with Crippen LogP contribution in [0.4, 0.5) is 0 Å². The van der Waals surface area contributed by atoms with Gasteiger partial charge in [0.05, 0.1) is 6.54 Å². The van der Waals surface area contributed by atoms with Crippen LogP contribution in [0.15, 0.2) is 60.7 Å². The molecule has 0 amide bonds. The molecule has 0 aliphatic rings. The van der Waals surface area contributed by atoms with E-state index in [0.29, 0.717) is 6.54 Å². The van der Waals surface area contributed by atoms with Crippen LogP contribution in [0.1, 0.15) is 23.6 Å². The molecule has 1 atom stereocenters. The van der Waals surface area contributed by atoms with Gasteiger partial charge in [-0.3, -0.25) is 4.79 Å². The Morgan fingerprint density at radius 1 is 1.09 bits per heavy atom. The molecule has 0 aromatic heterocycles. The number of aryl methyl sites for hydroxylation is 1. The fraction of sp³-hybridized carbons (Fsp3) is 0.250. The monoisotopic (exact) mass is 293 g/mol. The molecule has 2 rings (SSSR count). The van der Waals surface area contributed by atoms with Gasteiger partial charge < -0.3 is 5.32 Å². The molecule has 2 aromatic rings. The van der Waals surface area contributed by atoms with E-state index in [2.05, 4.69) is 43.4 Å². The molecule has 0 fully saturated rings. The summed E-state index contributed by atoms with van der Waals surface area (Å²) in [5, 5.41) is 3.28. The fourth-order valence-electron chi connectivity index (χ4n) is 2.24. The zero-order chi connectivity index (χ0) is 15.8. The van der Waals surface area contributed by atoms with Crippen LogP contribution in [0.25, 0.3) is 6.08 Å². The zero-order valence-corrected chi connectivity index (χ0v) is 13.3. The van der Waals surface area contributed by atoms with Gasteiger partial charge in [-0.05, 0) is 37.5 Å². The van der Waals surface area contributed by atoms with Gasteiger partial charge in [-0.25, -0.2) is 0 Å². The first-order valence-electron chi connectivity index (χ1n) is 7.68. The van der Waals surface area contributed by atoms with Crippen LogP contribution < -0.4 is 5.32 Å². The van der Waals surface area contributed by atoms with E-state index in [4.69, 9.17) is 0 Å². The van der Waals surface area contributed by atoms with Gasteiger partial charge in [-0.2, -0.15) is 0 Å². The molecule has 0 heterocycles. The van der Waals surface area contributed by atoms with E-state index in [0.717, 1.165) is 12.0 Å². The predicted octanol–water partition coefficient (Wildman–Crippen LogP) is 3.80. The minimum atomic E-state index is 0.0969. The normalized spacial score (nSPS) is 12.5. The lowest BCUT2D eigenvalue weighted by Crippen LogP contribution is -2.32. The molecule has 0 unspecified atom stereocenters. The van der Waals surface area contributed by atoms with Gasteiger partial charge in [0.15, 0.2) is 5.78 Å². The van der Waals surface area contributed by atoms with Gasteiger partial charge >= 0.3 is 0 Å². The second kappa shape index (κ2) is 8.30. The Morgan fingerprint density at radius 3 is 2.45 bits per heavy atom. The Labute approximate surface area is 132 Å². The summed E-state index contributed by atoms with van der Waals surface area (Å²) >= 11 is 0. The Bertz CT molecular complexity index is 614. The van der Waals surface area contributed by atoms with Crippen molar-refractivity contribution in [3.8, 4) is 0 Å². The highest BCUT2D eigenvalue weighted by atomic mass is 16.1. The number of nitrogens with one attached hydrogen (secondary N) is 1. The molecule has 2 nitrogen and oxygen atoms in total. The predicted molar refractivity (Wildman–Crippen MR) is 92.8 cm³/mol. The van der Waals surface area contributed by atoms with Crippen LogP contribution >= 0.6 is 0 Å². The lowest BCUT2D eigenvalue weighted by atomic mass is 10.1. The second-order valence-corrected chi connectivity index (χ2v) is 5.68. The largest absolute Gasteiger partial charge is 0.307 e. The highest BCUT2D eigenvalue weighted by molar-refractivity contribution is 5.95. The summed E-state index contributed by atoms with van der Waals surface area (Å²) < 4.78 is 0. The number of ketones is 1. The van der Waals surface area contributed by atoms with Crippen LogP contribution in [-0.2, 0) is 11.2 Å². The molecule has 0 saturated carbocycles. The maximum absolute atomic E-state index is 11.9. The first kappa shape index (κ1) is 16.2. The van der Waals surface area contributed by atoms with Crippen molar-refractivity contribution < 1.29 is 4.79 Å². The SMILES string of the molecule is Cc1ccc(C[C@@H](C)NCC(=O)/C=C/c2ccccc2)cc1. The number of carbonyl (C=O) groups is 1. The second-order valence-electron chi connectivity index (χ2n) is 5.68. The first-order valence-corrected chi connectivity index (χ1v) is 7.68. The molecule has 1 N–H and O–H groups in total. The van der Waals surface area contributed by atoms with Gasteiger partial charge in [-0.15, -0.1) is 0 Å². The van der Waals surface area contributed by atoms with Crippen molar-refractivity contribution in [3.05, 3.63) is 77.4 Å². The van der Waals surface area contributed by atoms with Gasteiger partial charge in [0.1, 0.15) is 0 Å². The van der Waals surface area contributed by atoms with E-state index < -0.39 is 0 Å². The van der Waals surface area contributed by atoms with Gasteiger partial charge in [0, 0.05) is 6.04 Å². The number of hydrogen-bond donors (Lipinski definition) is 1. The van der Waals surface area contributed by atoms with Crippen molar-refractivity contribution in [1.82, 2.24) is 5.32 Å². The fourth-order valence-corrected chi connectivity index (χ4v) is 2.24. The van der Waals surface area contributed by atoms with Crippen molar-refractivity contribution in [2.24, 2.45) is 0 Å². The molecule has 114 valence electrons. The van der Waals surface area contributed by atoms with Crippen LogP contribution in [0, 0.1) is 6.92 Å². The van der Waals surface area contributed by atoms with Crippen LogP contribution in [0.2, 0.25) is 0 Å². The van der Waals surface area contributed by atoms with E-state index in [1.165, 1.54) is 11.1 Å². The molecule has 0 aliphatic carbocycles. The molecule has 0 aliphatic heterocycles. The average molecular weight is 293 g/mol. The first-order chi connectivity index (χ1) is 10.6. The summed E-state index contributed by atoms with van der Waals surface area (Å²) in [5.74, 6) is 0.0969. The van der Waals surface area contributed by atoms with Crippen LogP contribution in [0.5, 0.6) is 0 Å². The van der Waals surface area contributed by atoms with E-state index in [-0.39, 0.29) is 11.8 Å². The Morgan fingerprint density at radius 2 is 1.77 bits per heavy atom. The van der Waals surface area contributed by atoms with E-state index >= 15 is 0 Å². The molecule has 0 radical (unpaired) electrons. The van der Waals surface area contributed by atoms with E-state index in [1.807, 2.05) is 36.4 Å². The maximum Gasteiger partial charge on any atom is 0.169 e. The van der Waals surface area contributed by atoms with E-state index in [9.17, 15) is 4.79 Å². The topological polar surface area (TPSA) is 29.1 Å². The standard InChI is InChI=1S/C20H23NO/c1-16-8-10-19(11-9-16)14-17(2)21-15-20(22)13-12-18-6-4-3-5-7-18/h3-13,17,21H,14-15H2,1-2H3/b13-12+/t17-/m1/s1. The maximum atomic E-state index is 11.9. The molecule has 0 spiro atoms. The van der Waals surface area contributed by atoms with Crippen molar-refractivity contribution in [1.29, 1.82) is 0 Å². The summed E-state index contributed by atoms with van der Waals surface area (Å²) in [7, 11) is 0.